The summed E-state index contributed by atoms with van der Waals surface area (Å²) in [6.45, 7) is 0. The molecule has 52 valence electrons. The second-order valence-corrected chi connectivity index (χ2v) is 4.78. The quantitative estimate of drug-likeness (QED) is 0.538. The largest absolute Gasteiger partial charge is 0.121 e. The second kappa shape index (κ2) is 2.13. The Morgan fingerprint density at radius 2 is 1.89 bits per heavy atom. The van der Waals surface area contributed by atoms with Crippen LogP contribution in [0.25, 0.3) is 0 Å². The highest BCUT2D eigenvalue weighted by atomic mass is 79.9. The molecule has 0 saturated heterocycles. The summed E-state index contributed by atoms with van der Waals surface area (Å²) in [5.74, 6) is 1.73. The Morgan fingerprint density at radius 3 is 2.22 bits per heavy atom. The molecule has 0 heterocycles. The maximum absolute atomic E-state index is 6.11. The molecule has 0 spiro atoms. The Morgan fingerprint density at radius 1 is 1.22 bits per heavy atom. The average molecular weight is 210 g/mol. The number of hydrogen-bond donors (Lipinski definition) is 0. The molecule has 0 aliphatic heterocycles. The van der Waals surface area contributed by atoms with E-state index in [1.54, 1.807) is 0 Å². The van der Waals surface area contributed by atoms with Crippen LogP contribution in [-0.2, 0) is 0 Å². The van der Waals surface area contributed by atoms with Gasteiger partial charge >= 0.3 is 0 Å². The number of rotatable bonds is 0. The van der Waals surface area contributed by atoms with E-state index in [9.17, 15) is 0 Å². The second-order valence-electron chi connectivity index (χ2n) is 3.22. The van der Waals surface area contributed by atoms with Gasteiger partial charge in [-0.25, -0.2) is 0 Å². The van der Waals surface area contributed by atoms with E-state index in [2.05, 4.69) is 15.9 Å². The van der Waals surface area contributed by atoms with E-state index in [0.29, 0.717) is 10.2 Å². The van der Waals surface area contributed by atoms with Gasteiger partial charge < -0.3 is 0 Å². The fraction of sp³-hybridized carbons (Fsp3) is 1.00. The molecule has 0 amide bonds. The first-order valence-corrected chi connectivity index (χ1v) is 4.92. The normalized spacial score (nSPS) is 56.7. The Bertz CT molecular complexity index is 108. The molecule has 4 atom stereocenters. The SMILES string of the molecule is Cl[C@H]1[C@@H]2CC[C@@H](C2)[C@H]1Br. The standard InChI is InChI=1S/C7H10BrCl/c8-6-4-1-2-5(3-4)7(6)9/h4-7H,1-3H2/t4-,5+,6+,7-/m0/s1. The maximum atomic E-state index is 6.11. The Kier molecular flexibility index (Phi) is 1.53. The fourth-order valence-corrected chi connectivity index (χ4v) is 3.50. The van der Waals surface area contributed by atoms with Crippen LogP contribution in [0.4, 0.5) is 0 Å². The molecule has 0 radical (unpaired) electrons. The van der Waals surface area contributed by atoms with Crippen LogP contribution in [0.5, 0.6) is 0 Å². The van der Waals surface area contributed by atoms with Gasteiger partial charge in [0.1, 0.15) is 0 Å². The summed E-state index contributed by atoms with van der Waals surface area (Å²) in [5, 5.41) is 0.434. The van der Waals surface area contributed by atoms with E-state index in [1.165, 1.54) is 19.3 Å². The van der Waals surface area contributed by atoms with Crippen molar-refractivity contribution in [3.8, 4) is 0 Å². The van der Waals surface area contributed by atoms with Crippen molar-refractivity contribution >= 4 is 27.5 Å². The minimum Gasteiger partial charge on any atom is -0.121 e. The van der Waals surface area contributed by atoms with Gasteiger partial charge in [0.25, 0.3) is 0 Å². The van der Waals surface area contributed by atoms with Crippen LogP contribution in [0, 0.1) is 11.8 Å². The highest BCUT2D eigenvalue weighted by molar-refractivity contribution is 9.09. The summed E-state index contributed by atoms with van der Waals surface area (Å²) in [7, 11) is 0. The van der Waals surface area contributed by atoms with Crippen molar-refractivity contribution in [1.29, 1.82) is 0 Å². The lowest BCUT2D eigenvalue weighted by Crippen LogP contribution is -2.21. The van der Waals surface area contributed by atoms with Crippen molar-refractivity contribution in [2.24, 2.45) is 11.8 Å². The summed E-state index contributed by atoms with van der Waals surface area (Å²) in [5.41, 5.74) is 0. The average Bonchev–Trinajstić information content (AvgIpc) is 2.37. The molecule has 9 heavy (non-hydrogen) atoms. The smallest absolute Gasteiger partial charge is 0.0492 e. The first-order valence-electron chi connectivity index (χ1n) is 3.57. The summed E-state index contributed by atoms with van der Waals surface area (Å²) >= 11 is 9.74. The van der Waals surface area contributed by atoms with E-state index < -0.39 is 0 Å². The molecule has 2 aliphatic carbocycles. The van der Waals surface area contributed by atoms with E-state index in [1.807, 2.05) is 0 Å². The first kappa shape index (κ1) is 6.48. The van der Waals surface area contributed by atoms with Gasteiger partial charge in [-0.3, -0.25) is 0 Å². The molecule has 0 nitrogen and oxygen atoms in total. The lowest BCUT2D eigenvalue weighted by atomic mass is 10.0. The maximum Gasteiger partial charge on any atom is 0.0492 e. The minimum atomic E-state index is 0.434. The zero-order valence-corrected chi connectivity index (χ0v) is 7.53. The lowest BCUT2D eigenvalue weighted by Gasteiger charge is -2.20. The number of hydrogen-bond acceptors (Lipinski definition) is 0. The third-order valence-electron chi connectivity index (χ3n) is 2.72. The third-order valence-corrected chi connectivity index (χ3v) is 4.97. The van der Waals surface area contributed by atoms with Gasteiger partial charge in [-0.2, -0.15) is 0 Å². The van der Waals surface area contributed by atoms with Crippen LogP contribution in [-0.4, -0.2) is 10.2 Å². The van der Waals surface area contributed by atoms with Crippen LogP contribution >= 0.6 is 27.5 Å². The summed E-state index contributed by atoms with van der Waals surface area (Å²) < 4.78 is 0. The third kappa shape index (κ3) is 0.848. The van der Waals surface area contributed by atoms with E-state index in [0.717, 1.165) is 11.8 Å². The van der Waals surface area contributed by atoms with Crippen molar-refractivity contribution in [2.75, 3.05) is 0 Å². The number of alkyl halides is 2. The molecule has 0 N–H and O–H groups in total. The first-order chi connectivity index (χ1) is 4.29. The summed E-state index contributed by atoms with van der Waals surface area (Å²) in [4.78, 5) is 0.623. The van der Waals surface area contributed by atoms with Gasteiger partial charge in [0.15, 0.2) is 0 Å². The molecule has 0 aromatic heterocycles. The van der Waals surface area contributed by atoms with E-state index in [-0.39, 0.29) is 0 Å². The van der Waals surface area contributed by atoms with Crippen molar-refractivity contribution < 1.29 is 0 Å². The molecular formula is C7H10BrCl. The van der Waals surface area contributed by atoms with Gasteiger partial charge in [-0.1, -0.05) is 15.9 Å². The number of halogens is 2. The molecule has 2 heteroatoms. The Labute approximate surface area is 69.1 Å². The van der Waals surface area contributed by atoms with Gasteiger partial charge in [0, 0.05) is 10.2 Å². The van der Waals surface area contributed by atoms with Gasteiger partial charge in [0.2, 0.25) is 0 Å². The predicted molar refractivity (Wildman–Crippen MR) is 43.2 cm³/mol. The van der Waals surface area contributed by atoms with Crippen molar-refractivity contribution in [3.63, 3.8) is 0 Å². The van der Waals surface area contributed by atoms with Crippen LogP contribution in [0.1, 0.15) is 19.3 Å². The molecule has 2 bridgehead atoms. The predicted octanol–water partition coefficient (Wildman–Crippen LogP) is 2.79. The topological polar surface area (TPSA) is 0 Å². The molecule has 2 aliphatic rings. The molecule has 2 fully saturated rings. The number of fused-ring (bicyclic) bond motifs is 2. The zero-order chi connectivity index (χ0) is 6.43. The van der Waals surface area contributed by atoms with E-state index >= 15 is 0 Å². The monoisotopic (exact) mass is 208 g/mol. The van der Waals surface area contributed by atoms with Crippen LogP contribution in [0.15, 0.2) is 0 Å². The van der Waals surface area contributed by atoms with E-state index in [4.69, 9.17) is 11.6 Å². The zero-order valence-electron chi connectivity index (χ0n) is 5.19. The highest BCUT2D eigenvalue weighted by Gasteiger charge is 2.45. The van der Waals surface area contributed by atoms with Crippen molar-refractivity contribution in [2.45, 2.75) is 29.5 Å². The minimum absolute atomic E-state index is 0.434. The van der Waals surface area contributed by atoms with Crippen LogP contribution in [0.2, 0.25) is 0 Å². The van der Waals surface area contributed by atoms with Gasteiger partial charge in [-0.15, -0.1) is 11.6 Å². The van der Waals surface area contributed by atoms with Crippen molar-refractivity contribution in [1.82, 2.24) is 0 Å². The Hall–Kier alpha value is 0.770. The van der Waals surface area contributed by atoms with Gasteiger partial charge in [0.05, 0.1) is 0 Å². The highest BCUT2D eigenvalue weighted by Crippen LogP contribution is 2.50. The van der Waals surface area contributed by atoms with Crippen molar-refractivity contribution in [3.05, 3.63) is 0 Å². The molecule has 2 rings (SSSR count). The van der Waals surface area contributed by atoms with Gasteiger partial charge in [-0.05, 0) is 31.1 Å². The molecule has 0 aromatic carbocycles. The molecule has 0 aromatic rings. The summed E-state index contributed by atoms with van der Waals surface area (Å²) in [6, 6.07) is 0. The lowest BCUT2D eigenvalue weighted by molar-refractivity contribution is 0.504. The molecule has 2 saturated carbocycles. The molecule has 0 unspecified atom stereocenters. The molecular weight excluding hydrogens is 199 g/mol. The van der Waals surface area contributed by atoms with Crippen LogP contribution < -0.4 is 0 Å². The summed E-state index contributed by atoms with van der Waals surface area (Å²) in [6.07, 6.45) is 4.16. The fourth-order valence-electron chi connectivity index (χ4n) is 2.15. The van der Waals surface area contributed by atoms with Crippen LogP contribution in [0.3, 0.4) is 0 Å². The Balaban J connectivity index is 2.15.